The highest BCUT2D eigenvalue weighted by Gasteiger charge is 2.38. The number of halogens is 2. The van der Waals surface area contributed by atoms with Crippen LogP contribution in [-0.4, -0.2) is 37.1 Å². The van der Waals surface area contributed by atoms with E-state index in [1.165, 1.54) is 0 Å². The smallest absolute Gasteiger partial charge is 0.321 e. The molecule has 102 valence electrons. The van der Waals surface area contributed by atoms with Gasteiger partial charge in [-0.1, -0.05) is 23.2 Å². The Bertz CT molecular complexity index is 497. The Hall–Kier alpha value is -0.970. The molecule has 19 heavy (non-hydrogen) atoms. The highest BCUT2D eigenvalue weighted by Crippen LogP contribution is 2.28. The van der Waals surface area contributed by atoms with Gasteiger partial charge in [0.25, 0.3) is 0 Å². The fourth-order valence-electron chi connectivity index (χ4n) is 2.80. The van der Waals surface area contributed by atoms with Gasteiger partial charge in [-0.05, 0) is 30.0 Å². The number of hydrogen-bond donors (Lipinski definition) is 2. The minimum Gasteiger partial charge on any atom is -0.324 e. The zero-order valence-corrected chi connectivity index (χ0v) is 11.8. The molecule has 4 nitrogen and oxygen atoms in total. The summed E-state index contributed by atoms with van der Waals surface area (Å²) in [5, 5.41) is 7.16. The van der Waals surface area contributed by atoms with E-state index in [0.29, 0.717) is 27.6 Å². The van der Waals surface area contributed by atoms with Crippen molar-refractivity contribution in [2.24, 2.45) is 11.8 Å². The third-order valence-corrected chi connectivity index (χ3v) is 4.59. The third kappa shape index (κ3) is 2.66. The first kappa shape index (κ1) is 13.0. The lowest BCUT2D eigenvalue weighted by atomic mass is 10.0. The summed E-state index contributed by atoms with van der Waals surface area (Å²) in [4.78, 5) is 14.0. The number of urea groups is 1. The van der Waals surface area contributed by atoms with Crippen LogP contribution in [0.25, 0.3) is 0 Å². The Morgan fingerprint density at radius 1 is 1.21 bits per heavy atom. The highest BCUT2D eigenvalue weighted by atomic mass is 35.5. The summed E-state index contributed by atoms with van der Waals surface area (Å²) in [6.45, 7) is 3.68. The van der Waals surface area contributed by atoms with Gasteiger partial charge < -0.3 is 15.5 Å². The maximum Gasteiger partial charge on any atom is 0.321 e. The number of nitrogens with one attached hydrogen (secondary N) is 2. The first-order valence-corrected chi connectivity index (χ1v) is 7.11. The van der Waals surface area contributed by atoms with E-state index >= 15 is 0 Å². The Labute approximate surface area is 122 Å². The molecule has 2 amide bonds. The molecule has 6 heteroatoms. The van der Waals surface area contributed by atoms with Crippen LogP contribution in [0.2, 0.25) is 10.0 Å². The van der Waals surface area contributed by atoms with Crippen LogP contribution in [0.15, 0.2) is 18.2 Å². The quantitative estimate of drug-likeness (QED) is 0.837. The van der Waals surface area contributed by atoms with Crippen molar-refractivity contribution in [3.8, 4) is 0 Å². The van der Waals surface area contributed by atoms with Gasteiger partial charge in [-0.15, -0.1) is 0 Å². The average Bonchev–Trinajstić information content (AvgIpc) is 2.94. The zero-order valence-electron chi connectivity index (χ0n) is 10.3. The molecule has 2 N–H and O–H groups in total. The molecule has 2 aliphatic rings. The molecule has 2 saturated heterocycles. The van der Waals surface area contributed by atoms with Gasteiger partial charge in [0.1, 0.15) is 0 Å². The maximum absolute atomic E-state index is 12.2. The second-order valence-electron chi connectivity index (χ2n) is 5.14. The molecular formula is C13H15Cl2N3O. The molecule has 0 radical (unpaired) electrons. The second-order valence-corrected chi connectivity index (χ2v) is 5.96. The van der Waals surface area contributed by atoms with Crippen LogP contribution in [0.3, 0.4) is 0 Å². The molecule has 1 aromatic carbocycles. The van der Waals surface area contributed by atoms with Crippen molar-refractivity contribution in [1.82, 2.24) is 10.2 Å². The SMILES string of the molecule is O=C(Nc1ccc(Cl)c(Cl)c1)N1C[C@H]2CNC[C@H]2C1. The molecule has 0 unspecified atom stereocenters. The van der Waals surface area contributed by atoms with E-state index < -0.39 is 0 Å². The molecule has 2 heterocycles. The van der Waals surface area contributed by atoms with Crippen LogP contribution in [-0.2, 0) is 0 Å². The molecule has 2 atom stereocenters. The number of carbonyl (C=O) groups excluding carboxylic acids is 1. The van der Waals surface area contributed by atoms with Gasteiger partial charge in [0.2, 0.25) is 0 Å². The minimum absolute atomic E-state index is 0.0622. The van der Waals surface area contributed by atoms with Crippen molar-refractivity contribution >= 4 is 34.9 Å². The molecule has 0 bridgehead atoms. The first-order valence-electron chi connectivity index (χ1n) is 6.35. The molecule has 1 aromatic rings. The van der Waals surface area contributed by atoms with Gasteiger partial charge >= 0.3 is 6.03 Å². The van der Waals surface area contributed by atoms with Crippen molar-refractivity contribution < 1.29 is 4.79 Å². The topological polar surface area (TPSA) is 44.4 Å². The molecule has 3 rings (SSSR count). The molecule has 0 aromatic heterocycles. The Kier molecular flexibility index (Phi) is 3.56. The summed E-state index contributed by atoms with van der Waals surface area (Å²) < 4.78 is 0. The van der Waals surface area contributed by atoms with Gasteiger partial charge in [0.15, 0.2) is 0 Å². The normalized spacial score (nSPS) is 25.5. The number of benzene rings is 1. The van der Waals surface area contributed by atoms with E-state index in [4.69, 9.17) is 23.2 Å². The number of fused-ring (bicyclic) bond motifs is 1. The lowest BCUT2D eigenvalue weighted by molar-refractivity contribution is 0.219. The van der Waals surface area contributed by atoms with E-state index in [1.807, 2.05) is 4.90 Å². The predicted octanol–water partition coefficient (Wildman–Crippen LogP) is 2.68. The van der Waals surface area contributed by atoms with E-state index in [2.05, 4.69) is 10.6 Å². The fraction of sp³-hybridized carbons (Fsp3) is 0.462. The molecule has 0 aliphatic carbocycles. The second kappa shape index (κ2) is 5.19. The molecule has 2 fully saturated rings. The molecular weight excluding hydrogens is 285 g/mol. The number of nitrogens with zero attached hydrogens (tertiary/aromatic N) is 1. The minimum atomic E-state index is -0.0622. The third-order valence-electron chi connectivity index (χ3n) is 3.85. The van der Waals surface area contributed by atoms with Crippen LogP contribution >= 0.6 is 23.2 Å². The van der Waals surface area contributed by atoms with Gasteiger partial charge in [0.05, 0.1) is 10.0 Å². The van der Waals surface area contributed by atoms with Gasteiger partial charge in [-0.25, -0.2) is 4.79 Å². The average molecular weight is 300 g/mol. The fourth-order valence-corrected chi connectivity index (χ4v) is 3.10. The summed E-state index contributed by atoms with van der Waals surface area (Å²) in [6, 6.07) is 5.04. The number of anilines is 1. The van der Waals surface area contributed by atoms with Gasteiger partial charge in [-0.3, -0.25) is 0 Å². The van der Waals surface area contributed by atoms with Gasteiger partial charge in [-0.2, -0.15) is 0 Å². The number of hydrogen-bond acceptors (Lipinski definition) is 2. The lowest BCUT2D eigenvalue weighted by Crippen LogP contribution is -2.35. The van der Waals surface area contributed by atoms with E-state index in [1.54, 1.807) is 18.2 Å². The first-order chi connectivity index (χ1) is 9.13. The number of amides is 2. The zero-order chi connectivity index (χ0) is 13.4. The van der Waals surface area contributed by atoms with Crippen LogP contribution in [0.1, 0.15) is 0 Å². The van der Waals surface area contributed by atoms with Crippen LogP contribution in [0.4, 0.5) is 10.5 Å². The van der Waals surface area contributed by atoms with E-state index in [-0.39, 0.29) is 6.03 Å². The standard InChI is InChI=1S/C13H15Cl2N3O/c14-11-2-1-10(3-12(11)15)17-13(19)18-6-8-4-16-5-9(8)7-18/h1-3,8-9,16H,4-7H2,(H,17,19)/t8-,9+. The highest BCUT2D eigenvalue weighted by molar-refractivity contribution is 6.42. The Balaban J connectivity index is 1.63. The Morgan fingerprint density at radius 2 is 1.89 bits per heavy atom. The number of rotatable bonds is 1. The summed E-state index contributed by atoms with van der Waals surface area (Å²) in [5.74, 6) is 1.19. The largest absolute Gasteiger partial charge is 0.324 e. The van der Waals surface area contributed by atoms with Crippen molar-refractivity contribution in [1.29, 1.82) is 0 Å². The monoisotopic (exact) mass is 299 g/mol. The predicted molar refractivity (Wildman–Crippen MR) is 76.9 cm³/mol. The molecule has 0 saturated carbocycles. The van der Waals surface area contributed by atoms with Crippen molar-refractivity contribution in [2.75, 3.05) is 31.5 Å². The van der Waals surface area contributed by atoms with Crippen LogP contribution < -0.4 is 10.6 Å². The van der Waals surface area contributed by atoms with Gasteiger partial charge in [0, 0.05) is 31.9 Å². The van der Waals surface area contributed by atoms with Crippen molar-refractivity contribution in [3.05, 3.63) is 28.2 Å². The van der Waals surface area contributed by atoms with E-state index in [0.717, 1.165) is 26.2 Å². The van der Waals surface area contributed by atoms with Crippen molar-refractivity contribution in [3.63, 3.8) is 0 Å². The van der Waals surface area contributed by atoms with E-state index in [9.17, 15) is 4.79 Å². The summed E-state index contributed by atoms with van der Waals surface area (Å²) >= 11 is 11.8. The number of likely N-dealkylation sites (tertiary alicyclic amines) is 1. The summed E-state index contributed by atoms with van der Waals surface area (Å²) in [6.07, 6.45) is 0. The number of carbonyl (C=O) groups is 1. The lowest BCUT2D eigenvalue weighted by Gasteiger charge is -2.18. The van der Waals surface area contributed by atoms with Crippen LogP contribution in [0, 0.1) is 11.8 Å². The molecule has 2 aliphatic heterocycles. The summed E-state index contributed by atoms with van der Waals surface area (Å²) in [5.41, 5.74) is 0.676. The van der Waals surface area contributed by atoms with Crippen LogP contribution in [0.5, 0.6) is 0 Å². The molecule has 0 spiro atoms. The summed E-state index contributed by atoms with van der Waals surface area (Å²) in [7, 11) is 0. The maximum atomic E-state index is 12.2. The Morgan fingerprint density at radius 3 is 2.53 bits per heavy atom. The van der Waals surface area contributed by atoms with Crippen molar-refractivity contribution in [2.45, 2.75) is 0 Å².